The van der Waals surface area contributed by atoms with Gasteiger partial charge in [-0.05, 0) is 49.7 Å². The zero-order chi connectivity index (χ0) is 18.1. The monoisotopic (exact) mass is 369 g/mol. The number of ether oxygens (including phenoxy) is 2. The van der Waals surface area contributed by atoms with Crippen molar-refractivity contribution in [3.8, 4) is 11.5 Å². The first kappa shape index (κ1) is 16.7. The Balaban J connectivity index is 1.36. The molecule has 0 saturated heterocycles. The highest BCUT2D eigenvalue weighted by Crippen LogP contribution is 2.32. The van der Waals surface area contributed by atoms with Crippen LogP contribution in [0, 0.1) is 6.92 Å². The predicted molar refractivity (Wildman–Crippen MR) is 102 cm³/mol. The third-order valence-electron chi connectivity index (χ3n) is 4.18. The summed E-state index contributed by atoms with van der Waals surface area (Å²) in [7, 11) is 0. The second kappa shape index (κ2) is 6.84. The fraction of sp³-hybridized carbons (Fsp3) is 0.263. The van der Waals surface area contributed by atoms with Crippen LogP contribution in [-0.4, -0.2) is 23.7 Å². The molecule has 0 bridgehead atoms. The summed E-state index contributed by atoms with van der Waals surface area (Å²) in [5.74, 6) is 1.39. The fourth-order valence-corrected chi connectivity index (χ4v) is 3.70. The van der Waals surface area contributed by atoms with Crippen molar-refractivity contribution >= 4 is 33.1 Å². The van der Waals surface area contributed by atoms with Gasteiger partial charge >= 0.3 is 0 Å². The highest BCUT2D eigenvalue weighted by molar-refractivity contribution is 7.18. The van der Waals surface area contributed by atoms with Crippen LogP contribution < -0.4 is 20.1 Å². The second-order valence-electron chi connectivity index (χ2n) is 6.19. The summed E-state index contributed by atoms with van der Waals surface area (Å²) >= 11 is 1.65. The molecule has 134 valence electrons. The molecule has 4 rings (SSSR count). The van der Waals surface area contributed by atoms with Crippen molar-refractivity contribution in [3.63, 3.8) is 0 Å². The lowest BCUT2D eigenvalue weighted by molar-refractivity contribution is -0.121. The van der Waals surface area contributed by atoms with Crippen LogP contribution in [-0.2, 0) is 11.3 Å². The molecule has 1 atom stereocenters. The van der Waals surface area contributed by atoms with Gasteiger partial charge in [-0.25, -0.2) is 4.98 Å². The van der Waals surface area contributed by atoms with Crippen molar-refractivity contribution in [2.45, 2.75) is 26.4 Å². The van der Waals surface area contributed by atoms with Crippen molar-refractivity contribution in [2.75, 3.05) is 12.1 Å². The number of aromatic nitrogens is 1. The Morgan fingerprint density at radius 1 is 1.23 bits per heavy atom. The van der Waals surface area contributed by atoms with E-state index in [2.05, 4.69) is 15.6 Å². The molecule has 1 aromatic heterocycles. The summed E-state index contributed by atoms with van der Waals surface area (Å²) in [6.07, 6.45) is 0. The molecular formula is C19H19N3O3S. The lowest BCUT2D eigenvalue weighted by Gasteiger charge is -2.15. The van der Waals surface area contributed by atoms with Gasteiger partial charge in [0.2, 0.25) is 12.7 Å². The summed E-state index contributed by atoms with van der Waals surface area (Å²) in [6.45, 7) is 4.52. The van der Waals surface area contributed by atoms with E-state index in [-0.39, 0.29) is 18.7 Å². The molecule has 1 aliphatic rings. The SMILES string of the molecule is Cc1nc2ccc(N[C@@H](C)C(=O)NCc3ccc4c(c3)OCO4)cc2s1. The Bertz CT molecular complexity index is 970. The summed E-state index contributed by atoms with van der Waals surface area (Å²) in [5, 5.41) is 7.22. The highest BCUT2D eigenvalue weighted by atomic mass is 32.1. The molecular weight excluding hydrogens is 350 g/mol. The minimum absolute atomic E-state index is 0.0664. The number of thiazole rings is 1. The van der Waals surface area contributed by atoms with Gasteiger partial charge in [0.1, 0.15) is 6.04 Å². The first-order chi connectivity index (χ1) is 12.6. The number of nitrogens with zero attached hydrogens (tertiary/aromatic N) is 1. The quantitative estimate of drug-likeness (QED) is 0.721. The fourth-order valence-electron chi connectivity index (χ4n) is 2.84. The topological polar surface area (TPSA) is 72.5 Å². The van der Waals surface area contributed by atoms with E-state index in [1.54, 1.807) is 11.3 Å². The van der Waals surface area contributed by atoms with Gasteiger partial charge in [0, 0.05) is 12.2 Å². The number of amides is 1. The van der Waals surface area contributed by atoms with Crippen LogP contribution in [0.3, 0.4) is 0 Å². The molecule has 2 N–H and O–H groups in total. The maximum atomic E-state index is 12.4. The highest BCUT2D eigenvalue weighted by Gasteiger charge is 2.15. The number of hydrogen-bond acceptors (Lipinski definition) is 6. The third-order valence-corrected chi connectivity index (χ3v) is 5.11. The van der Waals surface area contributed by atoms with Crippen LogP contribution in [0.1, 0.15) is 17.5 Å². The number of carbonyl (C=O) groups excluding carboxylic acids is 1. The molecule has 6 nitrogen and oxygen atoms in total. The Labute approximate surface area is 155 Å². The van der Waals surface area contributed by atoms with Gasteiger partial charge in [0.15, 0.2) is 11.5 Å². The molecule has 2 heterocycles. The molecule has 0 fully saturated rings. The van der Waals surface area contributed by atoms with Crippen molar-refractivity contribution in [2.24, 2.45) is 0 Å². The molecule has 0 saturated carbocycles. The van der Waals surface area contributed by atoms with Gasteiger partial charge in [-0.3, -0.25) is 4.79 Å². The molecule has 7 heteroatoms. The van der Waals surface area contributed by atoms with E-state index in [4.69, 9.17) is 9.47 Å². The van der Waals surface area contributed by atoms with Crippen LogP contribution >= 0.6 is 11.3 Å². The van der Waals surface area contributed by atoms with Crippen LogP contribution in [0.2, 0.25) is 0 Å². The van der Waals surface area contributed by atoms with Gasteiger partial charge in [0.25, 0.3) is 0 Å². The number of nitrogens with one attached hydrogen (secondary N) is 2. The number of aryl methyl sites for hydroxylation is 1. The smallest absolute Gasteiger partial charge is 0.242 e. The molecule has 0 unspecified atom stereocenters. The van der Waals surface area contributed by atoms with Crippen molar-refractivity contribution in [1.29, 1.82) is 0 Å². The van der Waals surface area contributed by atoms with E-state index in [1.165, 1.54) is 0 Å². The van der Waals surface area contributed by atoms with Crippen LogP contribution in [0.25, 0.3) is 10.2 Å². The minimum Gasteiger partial charge on any atom is -0.454 e. The summed E-state index contributed by atoms with van der Waals surface area (Å²) in [4.78, 5) is 16.8. The molecule has 0 aliphatic carbocycles. The lowest BCUT2D eigenvalue weighted by atomic mass is 10.2. The number of hydrogen-bond donors (Lipinski definition) is 2. The average Bonchev–Trinajstić information content (AvgIpc) is 3.23. The zero-order valence-corrected chi connectivity index (χ0v) is 15.4. The van der Waals surface area contributed by atoms with E-state index in [9.17, 15) is 4.79 Å². The Kier molecular flexibility index (Phi) is 4.38. The maximum absolute atomic E-state index is 12.4. The van der Waals surface area contributed by atoms with Gasteiger partial charge in [-0.15, -0.1) is 11.3 Å². The number of rotatable bonds is 5. The predicted octanol–water partition coefficient (Wildman–Crippen LogP) is 3.45. The van der Waals surface area contributed by atoms with Crippen LogP contribution in [0.5, 0.6) is 11.5 Å². The van der Waals surface area contributed by atoms with Crippen molar-refractivity contribution in [1.82, 2.24) is 10.3 Å². The average molecular weight is 369 g/mol. The molecule has 0 radical (unpaired) electrons. The molecule has 3 aromatic rings. The summed E-state index contributed by atoms with van der Waals surface area (Å²) in [6, 6.07) is 11.3. The van der Waals surface area contributed by atoms with Crippen LogP contribution in [0.4, 0.5) is 5.69 Å². The van der Waals surface area contributed by atoms with E-state index >= 15 is 0 Å². The number of benzene rings is 2. The van der Waals surface area contributed by atoms with Crippen molar-refractivity contribution in [3.05, 3.63) is 47.0 Å². The first-order valence-corrected chi connectivity index (χ1v) is 9.20. The second-order valence-corrected chi connectivity index (χ2v) is 7.42. The van der Waals surface area contributed by atoms with Crippen LogP contribution in [0.15, 0.2) is 36.4 Å². The molecule has 1 amide bonds. The Hall–Kier alpha value is -2.80. The normalized spacial score (nSPS) is 13.6. The maximum Gasteiger partial charge on any atom is 0.242 e. The Morgan fingerprint density at radius 3 is 2.96 bits per heavy atom. The zero-order valence-electron chi connectivity index (χ0n) is 14.5. The Morgan fingerprint density at radius 2 is 2.08 bits per heavy atom. The molecule has 0 spiro atoms. The lowest BCUT2D eigenvalue weighted by Crippen LogP contribution is -2.37. The standard InChI is InChI=1S/C19H19N3O3S/c1-11(21-14-4-5-15-18(8-14)26-12(2)22-15)19(23)20-9-13-3-6-16-17(7-13)25-10-24-16/h3-8,11,21H,9-10H2,1-2H3,(H,20,23)/t11-/m0/s1. The molecule has 1 aliphatic heterocycles. The van der Waals surface area contributed by atoms with E-state index in [0.717, 1.165) is 38.0 Å². The van der Waals surface area contributed by atoms with E-state index in [0.29, 0.717) is 6.54 Å². The summed E-state index contributed by atoms with van der Waals surface area (Å²) in [5.41, 5.74) is 2.86. The molecule has 26 heavy (non-hydrogen) atoms. The van der Waals surface area contributed by atoms with Gasteiger partial charge < -0.3 is 20.1 Å². The summed E-state index contributed by atoms with van der Waals surface area (Å²) < 4.78 is 11.8. The van der Waals surface area contributed by atoms with E-state index in [1.807, 2.05) is 50.2 Å². The molecule has 2 aromatic carbocycles. The van der Waals surface area contributed by atoms with Gasteiger partial charge in [-0.1, -0.05) is 6.07 Å². The van der Waals surface area contributed by atoms with Gasteiger partial charge in [0.05, 0.1) is 15.2 Å². The van der Waals surface area contributed by atoms with Gasteiger partial charge in [-0.2, -0.15) is 0 Å². The number of fused-ring (bicyclic) bond motifs is 2. The first-order valence-electron chi connectivity index (χ1n) is 8.38. The number of carbonyl (C=O) groups is 1. The van der Waals surface area contributed by atoms with E-state index < -0.39 is 0 Å². The number of anilines is 1. The largest absolute Gasteiger partial charge is 0.454 e. The third kappa shape index (κ3) is 3.43. The minimum atomic E-state index is -0.351. The van der Waals surface area contributed by atoms with Crippen molar-refractivity contribution < 1.29 is 14.3 Å².